The van der Waals surface area contributed by atoms with Crippen LogP contribution in [0.3, 0.4) is 0 Å². The van der Waals surface area contributed by atoms with Crippen LogP contribution in [0.2, 0.25) is 5.02 Å². The molecule has 1 heterocycles. The van der Waals surface area contributed by atoms with Crippen molar-refractivity contribution in [3.8, 4) is 6.07 Å². The number of hydrogen-bond acceptors (Lipinski definition) is 5. The molecule has 1 N–H and O–H groups in total. The number of rotatable bonds is 6. The van der Waals surface area contributed by atoms with Crippen molar-refractivity contribution in [3.05, 3.63) is 47.3 Å². The Kier molecular flexibility index (Phi) is 5.79. The molecule has 6 nitrogen and oxygen atoms in total. The number of nitrogens with one attached hydrogen (secondary N) is 1. The van der Waals surface area contributed by atoms with E-state index in [1.165, 1.54) is 11.8 Å². The fourth-order valence-electron chi connectivity index (χ4n) is 1.82. The molecule has 1 aromatic heterocycles. The highest BCUT2D eigenvalue weighted by Crippen LogP contribution is 2.21. The highest BCUT2D eigenvalue weighted by molar-refractivity contribution is 7.99. The highest BCUT2D eigenvalue weighted by Gasteiger charge is 2.11. The average molecular weight is 348 g/mol. The van der Waals surface area contributed by atoms with Crippen molar-refractivity contribution < 1.29 is 4.79 Å². The maximum Gasteiger partial charge on any atom is 0.234 e. The Morgan fingerprint density at radius 3 is 3.00 bits per heavy atom. The Labute approximate surface area is 143 Å². The molecule has 118 valence electrons. The minimum Gasteiger partial charge on any atom is -0.325 e. The first-order chi connectivity index (χ1) is 11.0. The standard InChI is InChI=1S/C15H14ClN5OS/c1-3-6-21-10(2)19-20-15(21)23-9-14(22)18-12-5-4-11(8-17)13(16)7-12/h3-5,7H,1,6,9H2,2H3,(H,18,22). The van der Waals surface area contributed by atoms with Crippen LogP contribution in [0.5, 0.6) is 0 Å². The van der Waals surface area contributed by atoms with Gasteiger partial charge in [-0.15, -0.1) is 16.8 Å². The van der Waals surface area contributed by atoms with E-state index in [0.717, 1.165) is 5.82 Å². The monoisotopic (exact) mass is 347 g/mol. The second-order valence-electron chi connectivity index (χ2n) is 4.57. The number of amides is 1. The molecule has 2 rings (SSSR count). The van der Waals surface area contributed by atoms with Gasteiger partial charge in [0.1, 0.15) is 11.9 Å². The highest BCUT2D eigenvalue weighted by atomic mass is 35.5. The van der Waals surface area contributed by atoms with Gasteiger partial charge in [0, 0.05) is 12.2 Å². The largest absolute Gasteiger partial charge is 0.325 e. The van der Waals surface area contributed by atoms with Gasteiger partial charge in [0.05, 0.1) is 16.3 Å². The molecular formula is C15H14ClN5OS. The Morgan fingerprint density at radius 2 is 2.35 bits per heavy atom. The van der Waals surface area contributed by atoms with Crippen LogP contribution in [0.15, 0.2) is 36.0 Å². The summed E-state index contributed by atoms with van der Waals surface area (Å²) in [7, 11) is 0. The molecular weight excluding hydrogens is 334 g/mol. The smallest absolute Gasteiger partial charge is 0.234 e. The Morgan fingerprint density at radius 1 is 1.57 bits per heavy atom. The lowest BCUT2D eigenvalue weighted by Crippen LogP contribution is -2.14. The van der Waals surface area contributed by atoms with E-state index in [-0.39, 0.29) is 11.7 Å². The van der Waals surface area contributed by atoms with Crippen molar-refractivity contribution in [2.75, 3.05) is 11.1 Å². The fraction of sp³-hybridized carbons (Fsp3) is 0.200. The van der Waals surface area contributed by atoms with Crippen LogP contribution in [-0.4, -0.2) is 26.4 Å². The molecule has 0 saturated carbocycles. The van der Waals surface area contributed by atoms with E-state index in [1.54, 1.807) is 24.3 Å². The summed E-state index contributed by atoms with van der Waals surface area (Å²) < 4.78 is 1.88. The topological polar surface area (TPSA) is 83.6 Å². The predicted octanol–water partition coefficient (Wildman–Crippen LogP) is 3.03. The molecule has 0 spiro atoms. The average Bonchev–Trinajstić information content (AvgIpc) is 2.87. The maximum absolute atomic E-state index is 12.0. The molecule has 0 atom stereocenters. The van der Waals surface area contributed by atoms with Gasteiger partial charge >= 0.3 is 0 Å². The number of aryl methyl sites for hydroxylation is 1. The second kappa shape index (κ2) is 7.81. The summed E-state index contributed by atoms with van der Waals surface area (Å²) in [6, 6.07) is 6.72. The molecule has 0 unspecified atom stereocenters. The molecule has 1 aromatic carbocycles. The molecule has 0 radical (unpaired) electrons. The van der Waals surface area contributed by atoms with Gasteiger partial charge in [-0.3, -0.25) is 4.79 Å². The molecule has 0 aliphatic carbocycles. The molecule has 0 aliphatic heterocycles. The van der Waals surface area contributed by atoms with Gasteiger partial charge in [0.25, 0.3) is 0 Å². The lowest BCUT2D eigenvalue weighted by Gasteiger charge is -2.07. The quantitative estimate of drug-likeness (QED) is 0.641. The number of halogens is 1. The van der Waals surface area contributed by atoms with Gasteiger partial charge in [-0.05, 0) is 25.1 Å². The van der Waals surface area contributed by atoms with Crippen LogP contribution in [0.4, 0.5) is 5.69 Å². The van der Waals surface area contributed by atoms with E-state index >= 15 is 0 Å². The van der Waals surface area contributed by atoms with Crippen LogP contribution in [0.25, 0.3) is 0 Å². The number of nitrogens with zero attached hydrogens (tertiary/aromatic N) is 4. The van der Waals surface area contributed by atoms with Gasteiger partial charge in [-0.2, -0.15) is 5.26 Å². The van der Waals surface area contributed by atoms with E-state index in [9.17, 15) is 4.79 Å². The van der Waals surface area contributed by atoms with Gasteiger partial charge in [0.2, 0.25) is 5.91 Å². The summed E-state index contributed by atoms with van der Waals surface area (Å²) in [5.74, 6) is 0.764. The van der Waals surface area contributed by atoms with Gasteiger partial charge in [-0.25, -0.2) is 0 Å². The predicted molar refractivity (Wildman–Crippen MR) is 90.5 cm³/mol. The third kappa shape index (κ3) is 4.34. The van der Waals surface area contributed by atoms with Gasteiger partial charge in [0.15, 0.2) is 5.16 Å². The number of allylic oxidation sites excluding steroid dienone is 1. The molecule has 0 aliphatic rings. The number of aromatic nitrogens is 3. The maximum atomic E-state index is 12.0. The number of benzene rings is 1. The number of carbonyl (C=O) groups is 1. The second-order valence-corrected chi connectivity index (χ2v) is 5.92. The Balaban J connectivity index is 1.97. The van der Waals surface area contributed by atoms with Crippen molar-refractivity contribution in [3.63, 3.8) is 0 Å². The SMILES string of the molecule is C=CCn1c(C)nnc1SCC(=O)Nc1ccc(C#N)c(Cl)c1. The van der Waals surface area contributed by atoms with Crippen molar-refractivity contribution >= 4 is 35.0 Å². The normalized spacial score (nSPS) is 10.1. The summed E-state index contributed by atoms with van der Waals surface area (Å²) in [6.07, 6.45) is 1.75. The molecule has 1 amide bonds. The third-order valence-corrected chi connectivity index (χ3v) is 4.20. The summed E-state index contributed by atoms with van der Waals surface area (Å²) in [6.45, 7) is 6.13. The summed E-state index contributed by atoms with van der Waals surface area (Å²) in [5, 5.41) is 20.6. The van der Waals surface area contributed by atoms with Crippen LogP contribution in [0, 0.1) is 18.3 Å². The minimum absolute atomic E-state index is 0.187. The number of anilines is 1. The summed E-state index contributed by atoms with van der Waals surface area (Å²) >= 11 is 7.23. The molecule has 23 heavy (non-hydrogen) atoms. The molecule has 0 bridgehead atoms. The lowest BCUT2D eigenvalue weighted by molar-refractivity contribution is -0.113. The first-order valence-electron chi connectivity index (χ1n) is 6.68. The summed E-state index contributed by atoms with van der Waals surface area (Å²) in [4.78, 5) is 12.0. The molecule has 8 heteroatoms. The van der Waals surface area contributed by atoms with E-state index in [1.807, 2.05) is 17.6 Å². The summed E-state index contributed by atoms with van der Waals surface area (Å²) in [5.41, 5.74) is 0.912. The van der Waals surface area contributed by atoms with E-state index in [2.05, 4.69) is 22.1 Å². The van der Waals surface area contributed by atoms with Crippen LogP contribution >= 0.6 is 23.4 Å². The molecule has 0 fully saturated rings. The molecule has 2 aromatic rings. The first-order valence-corrected chi connectivity index (χ1v) is 8.04. The number of hydrogen-bond donors (Lipinski definition) is 1. The number of nitriles is 1. The van der Waals surface area contributed by atoms with Crippen LogP contribution in [0.1, 0.15) is 11.4 Å². The Bertz CT molecular complexity index is 781. The molecule has 0 saturated heterocycles. The van der Waals surface area contributed by atoms with E-state index in [4.69, 9.17) is 16.9 Å². The van der Waals surface area contributed by atoms with E-state index in [0.29, 0.717) is 28.0 Å². The Hall–Kier alpha value is -2.30. The van der Waals surface area contributed by atoms with Crippen LogP contribution < -0.4 is 5.32 Å². The fourth-order valence-corrected chi connectivity index (χ4v) is 2.83. The first kappa shape index (κ1) is 17.1. The van der Waals surface area contributed by atoms with Crippen LogP contribution in [-0.2, 0) is 11.3 Å². The van der Waals surface area contributed by atoms with Crippen molar-refractivity contribution in [1.29, 1.82) is 5.26 Å². The zero-order valence-electron chi connectivity index (χ0n) is 12.4. The third-order valence-electron chi connectivity index (χ3n) is 2.92. The van der Waals surface area contributed by atoms with Gasteiger partial charge in [-0.1, -0.05) is 29.4 Å². The number of thioether (sulfide) groups is 1. The van der Waals surface area contributed by atoms with Gasteiger partial charge < -0.3 is 9.88 Å². The zero-order chi connectivity index (χ0) is 16.8. The van der Waals surface area contributed by atoms with Crippen molar-refractivity contribution in [1.82, 2.24) is 14.8 Å². The number of carbonyl (C=O) groups excluding carboxylic acids is 1. The zero-order valence-corrected chi connectivity index (χ0v) is 14.0. The minimum atomic E-state index is -0.193. The lowest BCUT2D eigenvalue weighted by atomic mass is 10.2. The van der Waals surface area contributed by atoms with Crippen molar-refractivity contribution in [2.24, 2.45) is 0 Å². The van der Waals surface area contributed by atoms with E-state index < -0.39 is 0 Å². The van der Waals surface area contributed by atoms with Crippen molar-refractivity contribution in [2.45, 2.75) is 18.6 Å².